The Kier molecular flexibility index (Phi) is 2.66. The molecule has 56 valence electrons. The molecular weight excluding hydrogens is 162 g/mol. The zero-order valence-corrected chi connectivity index (χ0v) is 7.32. The lowest BCUT2D eigenvalue weighted by molar-refractivity contribution is -0.188. The van der Waals surface area contributed by atoms with Crippen LogP contribution in [0.4, 0.5) is 0 Å². The molecule has 0 aromatic heterocycles. The van der Waals surface area contributed by atoms with E-state index in [1.165, 1.54) is 13.3 Å². The highest BCUT2D eigenvalue weighted by Gasteiger charge is 2.12. The van der Waals surface area contributed by atoms with E-state index in [-0.39, 0.29) is 0 Å². The van der Waals surface area contributed by atoms with Crippen LogP contribution in [0.2, 0.25) is 0 Å². The first-order valence-corrected chi connectivity index (χ1v) is 6.76. The Bertz CT molecular complexity index is 154. The standard InChI is InChI=1S/C3H10O4P2/c1-8(2,4)7-9(3,5)6/h1-3H3,(H,5,6)/p-1. The van der Waals surface area contributed by atoms with Crippen LogP contribution in [0.3, 0.4) is 0 Å². The van der Waals surface area contributed by atoms with Crippen molar-refractivity contribution in [2.24, 2.45) is 0 Å². The van der Waals surface area contributed by atoms with E-state index in [2.05, 4.69) is 4.31 Å². The molecule has 0 saturated heterocycles. The second-order valence-corrected chi connectivity index (χ2v) is 6.80. The van der Waals surface area contributed by atoms with Gasteiger partial charge >= 0.3 is 0 Å². The summed E-state index contributed by atoms with van der Waals surface area (Å²) in [7, 11) is -6.66. The van der Waals surface area contributed by atoms with Crippen LogP contribution in [-0.2, 0) is 13.4 Å². The van der Waals surface area contributed by atoms with Gasteiger partial charge in [-0.2, -0.15) is 0 Å². The highest BCUT2D eigenvalue weighted by atomic mass is 31.3. The van der Waals surface area contributed by atoms with Crippen molar-refractivity contribution in [1.29, 1.82) is 0 Å². The van der Waals surface area contributed by atoms with Crippen LogP contribution in [0.15, 0.2) is 0 Å². The van der Waals surface area contributed by atoms with Crippen molar-refractivity contribution >= 4 is 15.0 Å². The van der Waals surface area contributed by atoms with Gasteiger partial charge in [0, 0.05) is 20.0 Å². The minimum atomic E-state index is -3.80. The third-order valence-corrected chi connectivity index (χ3v) is 3.10. The highest BCUT2D eigenvalue weighted by molar-refractivity contribution is 7.67. The van der Waals surface area contributed by atoms with E-state index in [9.17, 15) is 14.0 Å². The maximum absolute atomic E-state index is 10.6. The fourth-order valence-corrected chi connectivity index (χ4v) is 3.21. The summed E-state index contributed by atoms with van der Waals surface area (Å²) in [6.45, 7) is 3.40. The zero-order valence-electron chi connectivity index (χ0n) is 5.53. The van der Waals surface area contributed by atoms with Gasteiger partial charge in [-0.05, 0) is 0 Å². The first-order valence-electron chi connectivity index (χ1n) is 2.25. The van der Waals surface area contributed by atoms with Crippen LogP contribution in [0.25, 0.3) is 0 Å². The zero-order chi connectivity index (χ0) is 7.71. The molecule has 0 aliphatic heterocycles. The SMILES string of the molecule is CP(C)(=O)OP(C)(=O)[O-]. The topological polar surface area (TPSA) is 66.4 Å². The molecule has 0 aliphatic rings. The smallest absolute Gasteiger partial charge is 0.201 e. The van der Waals surface area contributed by atoms with Crippen molar-refractivity contribution in [3.8, 4) is 0 Å². The fraction of sp³-hybridized carbons (Fsp3) is 1.00. The van der Waals surface area contributed by atoms with Crippen molar-refractivity contribution in [2.45, 2.75) is 0 Å². The van der Waals surface area contributed by atoms with E-state index in [1.54, 1.807) is 0 Å². The van der Waals surface area contributed by atoms with Gasteiger partial charge in [-0.25, -0.2) is 0 Å². The molecule has 0 aliphatic carbocycles. The van der Waals surface area contributed by atoms with E-state index in [4.69, 9.17) is 0 Å². The molecule has 0 amide bonds. The maximum atomic E-state index is 10.6. The molecule has 0 N–H and O–H groups in total. The Morgan fingerprint density at radius 2 is 1.56 bits per heavy atom. The number of hydrogen-bond donors (Lipinski definition) is 0. The summed E-state index contributed by atoms with van der Waals surface area (Å²) in [6, 6.07) is 0. The van der Waals surface area contributed by atoms with Crippen LogP contribution in [0.5, 0.6) is 0 Å². The van der Waals surface area contributed by atoms with Crippen molar-refractivity contribution in [3.05, 3.63) is 0 Å². The van der Waals surface area contributed by atoms with Gasteiger partial charge in [0.15, 0.2) is 0 Å². The molecule has 0 aromatic rings. The lowest BCUT2D eigenvalue weighted by Gasteiger charge is -2.19. The van der Waals surface area contributed by atoms with Gasteiger partial charge in [0.05, 0.1) is 0 Å². The Morgan fingerprint density at radius 3 is 1.56 bits per heavy atom. The Labute approximate surface area is 54.2 Å². The lowest BCUT2D eigenvalue weighted by Crippen LogP contribution is -2.00. The van der Waals surface area contributed by atoms with Gasteiger partial charge in [0.2, 0.25) is 7.37 Å². The second kappa shape index (κ2) is 2.55. The third kappa shape index (κ3) is 8.38. The molecule has 9 heavy (non-hydrogen) atoms. The van der Waals surface area contributed by atoms with E-state index < -0.39 is 15.0 Å². The maximum Gasteiger partial charge on any atom is 0.201 e. The Morgan fingerprint density at radius 1 is 1.22 bits per heavy atom. The van der Waals surface area contributed by atoms with Crippen LogP contribution < -0.4 is 4.89 Å². The van der Waals surface area contributed by atoms with Gasteiger partial charge < -0.3 is 9.46 Å². The monoisotopic (exact) mass is 171 g/mol. The van der Waals surface area contributed by atoms with E-state index in [0.717, 1.165) is 6.66 Å². The summed E-state index contributed by atoms with van der Waals surface area (Å²) < 4.78 is 25.1. The van der Waals surface area contributed by atoms with Gasteiger partial charge in [-0.3, -0.25) is 8.88 Å². The molecule has 0 aromatic carbocycles. The van der Waals surface area contributed by atoms with Gasteiger partial charge in [-0.15, -0.1) is 0 Å². The first kappa shape index (κ1) is 9.38. The molecular formula is C3H9O4P2-. The van der Waals surface area contributed by atoms with Crippen molar-refractivity contribution in [2.75, 3.05) is 20.0 Å². The highest BCUT2D eigenvalue weighted by Crippen LogP contribution is 2.52. The normalized spacial score (nSPS) is 19.1. The first-order chi connectivity index (χ1) is 3.71. The summed E-state index contributed by atoms with van der Waals surface area (Å²) >= 11 is 0. The second-order valence-electron chi connectivity index (χ2n) is 2.11. The molecule has 1 unspecified atom stereocenters. The van der Waals surface area contributed by atoms with Crippen LogP contribution in [0.1, 0.15) is 0 Å². The summed E-state index contributed by atoms with van der Waals surface area (Å²) in [5.74, 6) is 0. The Hall–Kier alpha value is 0.380. The minimum Gasteiger partial charge on any atom is -0.778 e. The predicted octanol–water partition coefficient (Wildman–Crippen LogP) is 0.724. The molecule has 0 spiro atoms. The third-order valence-electron chi connectivity index (χ3n) is 0.345. The van der Waals surface area contributed by atoms with Crippen LogP contribution in [0, 0.1) is 0 Å². The van der Waals surface area contributed by atoms with Crippen molar-refractivity contribution in [3.63, 3.8) is 0 Å². The summed E-state index contributed by atoms with van der Waals surface area (Å²) in [4.78, 5) is 10.3. The summed E-state index contributed by atoms with van der Waals surface area (Å²) in [6.07, 6.45) is 0. The van der Waals surface area contributed by atoms with Crippen molar-refractivity contribution < 1.29 is 18.3 Å². The molecule has 0 rings (SSSR count). The average Bonchev–Trinajstić information content (AvgIpc) is 1.14. The van der Waals surface area contributed by atoms with Crippen LogP contribution in [-0.4, -0.2) is 20.0 Å². The molecule has 0 radical (unpaired) electrons. The van der Waals surface area contributed by atoms with E-state index >= 15 is 0 Å². The molecule has 6 heteroatoms. The largest absolute Gasteiger partial charge is 0.778 e. The van der Waals surface area contributed by atoms with Crippen LogP contribution >= 0.6 is 15.0 Å². The molecule has 0 bridgehead atoms. The quantitative estimate of drug-likeness (QED) is 0.574. The Balaban J connectivity index is 4.07. The van der Waals surface area contributed by atoms with Gasteiger partial charge in [0.1, 0.15) is 7.60 Å². The average molecular weight is 171 g/mol. The summed E-state index contributed by atoms with van der Waals surface area (Å²) in [5, 5.41) is 0. The number of hydrogen-bond acceptors (Lipinski definition) is 4. The van der Waals surface area contributed by atoms with Crippen molar-refractivity contribution in [1.82, 2.24) is 0 Å². The molecule has 1 atom stereocenters. The molecule has 0 heterocycles. The van der Waals surface area contributed by atoms with E-state index in [1.807, 2.05) is 0 Å². The predicted molar refractivity (Wildman–Crippen MR) is 34.1 cm³/mol. The molecule has 0 saturated carbocycles. The number of rotatable bonds is 2. The van der Waals surface area contributed by atoms with Gasteiger partial charge in [-0.1, -0.05) is 0 Å². The molecule has 4 nitrogen and oxygen atoms in total. The lowest BCUT2D eigenvalue weighted by atomic mass is 11.9. The molecule has 0 fully saturated rings. The summed E-state index contributed by atoms with van der Waals surface area (Å²) in [5.41, 5.74) is 0. The van der Waals surface area contributed by atoms with Gasteiger partial charge in [0.25, 0.3) is 0 Å². The van der Waals surface area contributed by atoms with E-state index in [0.29, 0.717) is 0 Å². The minimum absolute atomic E-state index is 0.895. The fourth-order valence-electron chi connectivity index (χ4n) is 0.357.